The third-order valence-corrected chi connectivity index (χ3v) is 3.87. The molecule has 128 valence electrons. The molecule has 0 radical (unpaired) electrons. The molecule has 4 nitrogen and oxygen atoms in total. The van der Waals surface area contributed by atoms with Gasteiger partial charge in [-0.1, -0.05) is 23.8 Å². The van der Waals surface area contributed by atoms with Crippen molar-refractivity contribution < 1.29 is 4.39 Å². The van der Waals surface area contributed by atoms with E-state index in [-0.39, 0.29) is 5.82 Å². The maximum Gasteiger partial charge on any atom is 0.229 e. The Hall–Kier alpha value is -2.95. The second-order valence-corrected chi connectivity index (χ2v) is 6.25. The molecule has 5 heteroatoms. The van der Waals surface area contributed by atoms with Crippen molar-refractivity contribution in [3.05, 3.63) is 70.7 Å². The molecule has 0 saturated heterocycles. The first-order chi connectivity index (χ1) is 11.9. The van der Waals surface area contributed by atoms with E-state index >= 15 is 0 Å². The van der Waals surface area contributed by atoms with Gasteiger partial charge in [-0.05, 0) is 57.0 Å². The third-order valence-electron chi connectivity index (χ3n) is 3.87. The number of aryl methyl sites for hydroxylation is 4. The van der Waals surface area contributed by atoms with Crippen LogP contribution < -0.4 is 10.6 Å². The summed E-state index contributed by atoms with van der Waals surface area (Å²) in [5, 5.41) is 6.43. The first-order valence-corrected chi connectivity index (χ1v) is 8.14. The fourth-order valence-corrected chi connectivity index (χ4v) is 2.89. The Morgan fingerprint density at radius 1 is 0.840 bits per heavy atom. The number of benzene rings is 2. The standard InChI is InChI=1S/C20H21FN4/c1-12-8-13(2)19(14(3)9-12)25-20-22-15(4)10-18(24-20)23-17-7-5-6-16(21)11-17/h5-11H,1-4H3,(H2,22,23,24,25). The van der Waals surface area contributed by atoms with Gasteiger partial charge in [-0.3, -0.25) is 0 Å². The molecule has 0 aliphatic rings. The molecular weight excluding hydrogens is 315 g/mol. The number of halogens is 1. The molecule has 0 spiro atoms. The maximum absolute atomic E-state index is 13.4. The van der Waals surface area contributed by atoms with Crippen molar-refractivity contribution >= 4 is 23.1 Å². The van der Waals surface area contributed by atoms with E-state index in [1.807, 2.05) is 13.0 Å². The highest BCUT2D eigenvalue weighted by atomic mass is 19.1. The van der Waals surface area contributed by atoms with Crippen LogP contribution in [-0.2, 0) is 0 Å². The minimum absolute atomic E-state index is 0.292. The van der Waals surface area contributed by atoms with E-state index in [4.69, 9.17) is 0 Å². The molecule has 0 saturated carbocycles. The fraction of sp³-hybridized carbons (Fsp3) is 0.200. The maximum atomic E-state index is 13.4. The molecule has 0 aliphatic carbocycles. The predicted octanol–water partition coefficient (Wildman–Crippen LogP) is 5.34. The molecule has 0 amide bonds. The Labute approximate surface area is 147 Å². The van der Waals surface area contributed by atoms with Crippen LogP contribution in [0.5, 0.6) is 0 Å². The zero-order chi connectivity index (χ0) is 18.0. The molecule has 1 heterocycles. The molecule has 1 aromatic heterocycles. The van der Waals surface area contributed by atoms with Crippen LogP contribution in [0.4, 0.5) is 27.5 Å². The summed E-state index contributed by atoms with van der Waals surface area (Å²) in [6.45, 7) is 8.10. The second kappa shape index (κ2) is 6.89. The van der Waals surface area contributed by atoms with E-state index in [1.165, 1.54) is 17.7 Å². The summed E-state index contributed by atoms with van der Waals surface area (Å²) in [4.78, 5) is 8.96. The van der Waals surface area contributed by atoms with Gasteiger partial charge in [-0.15, -0.1) is 0 Å². The number of nitrogens with zero attached hydrogens (tertiary/aromatic N) is 2. The molecule has 25 heavy (non-hydrogen) atoms. The van der Waals surface area contributed by atoms with Gasteiger partial charge in [0.15, 0.2) is 0 Å². The summed E-state index contributed by atoms with van der Waals surface area (Å²) in [5.74, 6) is 0.831. The van der Waals surface area contributed by atoms with Gasteiger partial charge in [-0.2, -0.15) is 4.98 Å². The molecule has 0 atom stereocenters. The van der Waals surface area contributed by atoms with Crippen LogP contribution in [0.3, 0.4) is 0 Å². The fourth-order valence-electron chi connectivity index (χ4n) is 2.89. The quantitative estimate of drug-likeness (QED) is 0.675. The SMILES string of the molecule is Cc1cc(C)c(Nc2nc(C)cc(Nc3cccc(F)c3)n2)c(C)c1. The van der Waals surface area contributed by atoms with Crippen molar-refractivity contribution in [1.82, 2.24) is 9.97 Å². The highest BCUT2D eigenvalue weighted by Gasteiger charge is 2.08. The zero-order valence-corrected chi connectivity index (χ0v) is 14.8. The molecule has 0 bridgehead atoms. The van der Waals surface area contributed by atoms with Crippen molar-refractivity contribution in [2.24, 2.45) is 0 Å². The Balaban J connectivity index is 1.90. The lowest BCUT2D eigenvalue weighted by Crippen LogP contribution is -2.04. The molecule has 2 aromatic carbocycles. The number of rotatable bonds is 4. The summed E-state index contributed by atoms with van der Waals surface area (Å²) in [7, 11) is 0. The van der Waals surface area contributed by atoms with Crippen molar-refractivity contribution in [3.63, 3.8) is 0 Å². The van der Waals surface area contributed by atoms with E-state index in [9.17, 15) is 4.39 Å². The predicted molar refractivity (Wildman–Crippen MR) is 100 cm³/mol. The van der Waals surface area contributed by atoms with Crippen LogP contribution in [0, 0.1) is 33.5 Å². The molecule has 3 rings (SSSR count). The van der Waals surface area contributed by atoms with Crippen LogP contribution in [0.2, 0.25) is 0 Å². The summed E-state index contributed by atoms with van der Waals surface area (Å²) < 4.78 is 13.4. The monoisotopic (exact) mass is 336 g/mol. The van der Waals surface area contributed by atoms with Crippen molar-refractivity contribution in [2.75, 3.05) is 10.6 Å². The minimum atomic E-state index is -0.292. The topological polar surface area (TPSA) is 49.8 Å². The summed E-state index contributed by atoms with van der Waals surface area (Å²) in [5.41, 5.74) is 5.97. The number of anilines is 4. The molecule has 3 aromatic rings. The van der Waals surface area contributed by atoms with Crippen LogP contribution in [0.25, 0.3) is 0 Å². The minimum Gasteiger partial charge on any atom is -0.340 e. The van der Waals surface area contributed by atoms with Crippen LogP contribution in [0.15, 0.2) is 42.5 Å². The van der Waals surface area contributed by atoms with Crippen molar-refractivity contribution in [1.29, 1.82) is 0 Å². The molecule has 0 fully saturated rings. The Morgan fingerprint density at radius 3 is 2.24 bits per heavy atom. The average molecular weight is 336 g/mol. The van der Waals surface area contributed by atoms with Crippen LogP contribution >= 0.6 is 0 Å². The van der Waals surface area contributed by atoms with Crippen molar-refractivity contribution in [2.45, 2.75) is 27.7 Å². The van der Waals surface area contributed by atoms with E-state index in [0.29, 0.717) is 17.5 Å². The summed E-state index contributed by atoms with van der Waals surface area (Å²) in [6.07, 6.45) is 0. The third kappa shape index (κ3) is 4.12. The summed E-state index contributed by atoms with van der Waals surface area (Å²) >= 11 is 0. The number of hydrogen-bond donors (Lipinski definition) is 2. The molecule has 2 N–H and O–H groups in total. The van der Waals surface area contributed by atoms with Crippen molar-refractivity contribution in [3.8, 4) is 0 Å². The van der Waals surface area contributed by atoms with E-state index in [2.05, 4.69) is 53.5 Å². The first-order valence-electron chi connectivity index (χ1n) is 8.14. The van der Waals surface area contributed by atoms with Gasteiger partial charge in [0, 0.05) is 23.1 Å². The lowest BCUT2D eigenvalue weighted by Gasteiger charge is -2.14. The van der Waals surface area contributed by atoms with Gasteiger partial charge in [0.05, 0.1) is 0 Å². The first kappa shape index (κ1) is 16.9. The average Bonchev–Trinajstić information content (AvgIpc) is 2.50. The van der Waals surface area contributed by atoms with E-state index in [1.54, 1.807) is 12.1 Å². The number of nitrogens with one attached hydrogen (secondary N) is 2. The van der Waals surface area contributed by atoms with Gasteiger partial charge in [0.25, 0.3) is 0 Å². The Kier molecular flexibility index (Phi) is 4.65. The van der Waals surface area contributed by atoms with Gasteiger partial charge in [0.1, 0.15) is 11.6 Å². The number of aromatic nitrogens is 2. The highest BCUT2D eigenvalue weighted by Crippen LogP contribution is 2.25. The Bertz CT molecular complexity index is 898. The number of hydrogen-bond acceptors (Lipinski definition) is 4. The molecule has 0 aliphatic heterocycles. The van der Waals surface area contributed by atoms with Gasteiger partial charge in [0.2, 0.25) is 5.95 Å². The molecule has 0 unspecified atom stereocenters. The molecular formula is C20H21FN4. The zero-order valence-electron chi connectivity index (χ0n) is 14.8. The van der Waals surface area contributed by atoms with Gasteiger partial charge < -0.3 is 10.6 Å². The second-order valence-electron chi connectivity index (χ2n) is 6.25. The largest absolute Gasteiger partial charge is 0.340 e. The van der Waals surface area contributed by atoms with E-state index in [0.717, 1.165) is 22.5 Å². The normalized spacial score (nSPS) is 10.6. The van der Waals surface area contributed by atoms with Crippen LogP contribution in [-0.4, -0.2) is 9.97 Å². The highest BCUT2D eigenvalue weighted by molar-refractivity contribution is 5.65. The lowest BCUT2D eigenvalue weighted by atomic mass is 10.1. The lowest BCUT2D eigenvalue weighted by molar-refractivity contribution is 0.628. The van der Waals surface area contributed by atoms with Gasteiger partial charge >= 0.3 is 0 Å². The summed E-state index contributed by atoms with van der Waals surface area (Å²) in [6, 6.07) is 12.4. The van der Waals surface area contributed by atoms with Gasteiger partial charge in [-0.25, -0.2) is 9.37 Å². The smallest absolute Gasteiger partial charge is 0.229 e. The van der Waals surface area contributed by atoms with Crippen LogP contribution in [0.1, 0.15) is 22.4 Å². The Morgan fingerprint density at radius 2 is 1.56 bits per heavy atom. The van der Waals surface area contributed by atoms with E-state index < -0.39 is 0 Å².